The molecule has 0 saturated carbocycles. The fraction of sp³-hybridized carbons (Fsp3) is 0.722. The third-order valence-corrected chi connectivity index (χ3v) is 5.22. The predicted molar refractivity (Wildman–Crippen MR) is 93.3 cm³/mol. The number of piperidine rings is 1. The lowest BCUT2D eigenvalue weighted by Crippen LogP contribution is -2.46. The van der Waals surface area contributed by atoms with Crippen molar-refractivity contribution in [3.63, 3.8) is 0 Å². The standard InChI is InChI=1S/C18H28N4O3/c1-3-15-16(12(2)21-25-15)18(24)22-9-5-6-13(11-22)10-20-17(23)14-7-4-8-19-14/h13-14,19H,3-11H2,1-2H3,(H,20,23). The molecule has 1 aromatic heterocycles. The lowest BCUT2D eigenvalue weighted by atomic mass is 9.96. The highest BCUT2D eigenvalue weighted by Crippen LogP contribution is 2.22. The van der Waals surface area contributed by atoms with Crippen LogP contribution in [-0.4, -0.2) is 54.1 Å². The van der Waals surface area contributed by atoms with Gasteiger partial charge in [0.05, 0.1) is 11.7 Å². The molecule has 2 fully saturated rings. The molecule has 3 rings (SSSR count). The van der Waals surface area contributed by atoms with Crippen molar-refractivity contribution in [2.75, 3.05) is 26.2 Å². The van der Waals surface area contributed by atoms with Gasteiger partial charge in [-0.1, -0.05) is 12.1 Å². The largest absolute Gasteiger partial charge is 0.360 e. The lowest BCUT2D eigenvalue weighted by molar-refractivity contribution is -0.123. The Bertz CT molecular complexity index is 622. The monoisotopic (exact) mass is 348 g/mol. The number of carbonyl (C=O) groups is 2. The summed E-state index contributed by atoms with van der Waals surface area (Å²) in [5, 5.41) is 10.2. The van der Waals surface area contributed by atoms with E-state index in [0.29, 0.717) is 42.4 Å². The van der Waals surface area contributed by atoms with Gasteiger partial charge < -0.3 is 20.1 Å². The summed E-state index contributed by atoms with van der Waals surface area (Å²) in [7, 11) is 0. The first-order valence-corrected chi connectivity index (χ1v) is 9.35. The Balaban J connectivity index is 1.56. The van der Waals surface area contributed by atoms with Gasteiger partial charge in [-0.15, -0.1) is 0 Å². The predicted octanol–water partition coefficient (Wildman–Crippen LogP) is 1.27. The minimum Gasteiger partial charge on any atom is -0.360 e. The number of hydrogen-bond donors (Lipinski definition) is 2. The van der Waals surface area contributed by atoms with Gasteiger partial charge in [-0.3, -0.25) is 9.59 Å². The molecule has 0 aliphatic carbocycles. The first-order chi connectivity index (χ1) is 12.1. The van der Waals surface area contributed by atoms with Crippen molar-refractivity contribution >= 4 is 11.8 Å². The van der Waals surface area contributed by atoms with E-state index in [4.69, 9.17) is 4.52 Å². The minimum absolute atomic E-state index is 0.00378. The van der Waals surface area contributed by atoms with Gasteiger partial charge in [0.25, 0.3) is 5.91 Å². The fourth-order valence-electron chi connectivity index (χ4n) is 3.78. The molecule has 0 spiro atoms. The molecule has 0 radical (unpaired) electrons. The van der Waals surface area contributed by atoms with Gasteiger partial charge >= 0.3 is 0 Å². The molecule has 3 heterocycles. The van der Waals surface area contributed by atoms with Crippen molar-refractivity contribution in [2.45, 2.75) is 52.0 Å². The Labute approximate surface area is 148 Å². The quantitative estimate of drug-likeness (QED) is 0.837. The van der Waals surface area contributed by atoms with Crippen molar-refractivity contribution in [3.05, 3.63) is 17.0 Å². The highest BCUT2D eigenvalue weighted by molar-refractivity contribution is 5.96. The summed E-state index contributed by atoms with van der Waals surface area (Å²) in [4.78, 5) is 26.9. The van der Waals surface area contributed by atoms with Crippen molar-refractivity contribution in [3.8, 4) is 0 Å². The molecule has 2 saturated heterocycles. The van der Waals surface area contributed by atoms with Crippen LogP contribution < -0.4 is 10.6 Å². The summed E-state index contributed by atoms with van der Waals surface area (Å²) in [5.41, 5.74) is 1.27. The second kappa shape index (κ2) is 7.99. The second-order valence-corrected chi connectivity index (χ2v) is 7.07. The van der Waals surface area contributed by atoms with Crippen LogP contribution in [0.15, 0.2) is 4.52 Å². The minimum atomic E-state index is -0.0481. The fourth-order valence-corrected chi connectivity index (χ4v) is 3.78. The first kappa shape index (κ1) is 17.9. The van der Waals surface area contributed by atoms with Crippen LogP contribution in [0.4, 0.5) is 0 Å². The zero-order valence-corrected chi connectivity index (χ0v) is 15.1. The number of amides is 2. The van der Waals surface area contributed by atoms with Crippen LogP contribution in [0.3, 0.4) is 0 Å². The molecule has 2 atom stereocenters. The summed E-state index contributed by atoms with van der Waals surface area (Å²) in [5.74, 6) is 1.05. The Morgan fingerprint density at radius 3 is 2.92 bits per heavy atom. The molecule has 2 aliphatic heterocycles. The van der Waals surface area contributed by atoms with Gasteiger partial charge in [-0.2, -0.15) is 0 Å². The number of carbonyl (C=O) groups excluding carboxylic acids is 2. The molecular formula is C18H28N4O3. The molecule has 0 aromatic carbocycles. The maximum absolute atomic E-state index is 12.9. The maximum Gasteiger partial charge on any atom is 0.259 e. The summed E-state index contributed by atoms with van der Waals surface area (Å²) < 4.78 is 5.26. The number of nitrogens with zero attached hydrogens (tertiary/aromatic N) is 2. The smallest absolute Gasteiger partial charge is 0.259 e. The summed E-state index contributed by atoms with van der Waals surface area (Å²) in [6.45, 7) is 6.74. The molecule has 0 bridgehead atoms. The molecule has 138 valence electrons. The molecular weight excluding hydrogens is 320 g/mol. The molecule has 2 aliphatic rings. The van der Waals surface area contributed by atoms with Crippen molar-refractivity contribution in [2.24, 2.45) is 5.92 Å². The Morgan fingerprint density at radius 1 is 1.36 bits per heavy atom. The van der Waals surface area contributed by atoms with Crippen molar-refractivity contribution < 1.29 is 14.1 Å². The van der Waals surface area contributed by atoms with Gasteiger partial charge in [-0.05, 0) is 45.1 Å². The maximum atomic E-state index is 12.9. The highest BCUT2D eigenvalue weighted by Gasteiger charge is 2.29. The molecule has 1 aromatic rings. The van der Waals surface area contributed by atoms with E-state index in [1.165, 1.54) is 0 Å². The summed E-state index contributed by atoms with van der Waals surface area (Å²) >= 11 is 0. The van der Waals surface area contributed by atoms with Gasteiger partial charge in [0.1, 0.15) is 11.3 Å². The molecule has 2 unspecified atom stereocenters. The van der Waals surface area contributed by atoms with Crippen molar-refractivity contribution in [1.82, 2.24) is 20.7 Å². The number of aromatic nitrogens is 1. The van der Waals surface area contributed by atoms with E-state index in [2.05, 4.69) is 15.8 Å². The molecule has 2 amide bonds. The van der Waals surface area contributed by atoms with Gasteiger partial charge in [0.15, 0.2) is 0 Å². The number of hydrogen-bond acceptors (Lipinski definition) is 5. The highest BCUT2D eigenvalue weighted by atomic mass is 16.5. The number of rotatable bonds is 5. The van der Waals surface area contributed by atoms with Crippen LogP contribution >= 0.6 is 0 Å². The van der Waals surface area contributed by atoms with E-state index >= 15 is 0 Å². The van der Waals surface area contributed by atoms with Gasteiger partial charge in [0, 0.05) is 26.1 Å². The van der Waals surface area contributed by atoms with E-state index in [-0.39, 0.29) is 17.9 Å². The van der Waals surface area contributed by atoms with E-state index < -0.39 is 0 Å². The molecule has 25 heavy (non-hydrogen) atoms. The Kier molecular flexibility index (Phi) is 5.73. The van der Waals surface area contributed by atoms with E-state index in [1.807, 2.05) is 18.7 Å². The Hall–Kier alpha value is -1.89. The SMILES string of the molecule is CCc1onc(C)c1C(=O)N1CCCC(CNC(=O)C2CCCN2)C1. The van der Waals surface area contributed by atoms with Crippen LogP contribution in [0.5, 0.6) is 0 Å². The first-order valence-electron chi connectivity index (χ1n) is 9.35. The zero-order valence-electron chi connectivity index (χ0n) is 15.1. The van der Waals surface area contributed by atoms with Gasteiger partial charge in [0.2, 0.25) is 5.91 Å². The number of aryl methyl sites for hydroxylation is 2. The van der Waals surface area contributed by atoms with Crippen LogP contribution in [-0.2, 0) is 11.2 Å². The lowest BCUT2D eigenvalue weighted by Gasteiger charge is -2.33. The Morgan fingerprint density at radius 2 is 2.20 bits per heavy atom. The van der Waals surface area contributed by atoms with Crippen LogP contribution in [0.25, 0.3) is 0 Å². The van der Waals surface area contributed by atoms with Crippen LogP contribution in [0, 0.1) is 12.8 Å². The average molecular weight is 348 g/mol. The second-order valence-electron chi connectivity index (χ2n) is 7.07. The van der Waals surface area contributed by atoms with Gasteiger partial charge in [-0.25, -0.2) is 0 Å². The summed E-state index contributed by atoms with van der Waals surface area (Å²) in [6, 6.07) is -0.0481. The molecule has 2 N–H and O–H groups in total. The number of nitrogens with one attached hydrogen (secondary N) is 2. The third-order valence-electron chi connectivity index (χ3n) is 5.22. The van der Waals surface area contributed by atoms with Crippen LogP contribution in [0.1, 0.15) is 54.4 Å². The van der Waals surface area contributed by atoms with E-state index in [9.17, 15) is 9.59 Å². The van der Waals surface area contributed by atoms with E-state index in [1.54, 1.807) is 0 Å². The van der Waals surface area contributed by atoms with Crippen molar-refractivity contribution in [1.29, 1.82) is 0 Å². The normalized spacial score (nSPS) is 23.7. The third kappa shape index (κ3) is 4.03. The molecule has 7 nitrogen and oxygen atoms in total. The summed E-state index contributed by atoms with van der Waals surface area (Å²) in [6.07, 6.45) is 4.62. The zero-order chi connectivity index (χ0) is 17.8. The van der Waals surface area contributed by atoms with E-state index in [0.717, 1.165) is 38.8 Å². The molecule has 7 heteroatoms. The number of likely N-dealkylation sites (tertiary alicyclic amines) is 1. The average Bonchev–Trinajstić information content (AvgIpc) is 3.29. The topological polar surface area (TPSA) is 87.5 Å². The van der Waals surface area contributed by atoms with Crippen LogP contribution in [0.2, 0.25) is 0 Å².